The van der Waals surface area contributed by atoms with E-state index in [-0.39, 0.29) is 29.7 Å². The van der Waals surface area contributed by atoms with Gasteiger partial charge in [0.2, 0.25) is 0 Å². The highest BCUT2D eigenvalue weighted by molar-refractivity contribution is 5.48. The Hall–Kier alpha value is -2.31. The fourth-order valence-corrected chi connectivity index (χ4v) is 6.18. The van der Waals surface area contributed by atoms with E-state index in [0.29, 0.717) is 24.8 Å². The second-order valence-electron chi connectivity index (χ2n) is 10.8. The number of halogens is 7. The van der Waals surface area contributed by atoms with Gasteiger partial charge in [-0.2, -0.15) is 26.3 Å². The molecule has 0 unspecified atom stereocenters. The largest absolute Gasteiger partial charge is 0.438 e. The molecule has 0 aromatic heterocycles. The van der Waals surface area contributed by atoms with Crippen LogP contribution in [-0.2, 0) is 0 Å². The Labute approximate surface area is 211 Å². The zero-order chi connectivity index (χ0) is 27.4. The van der Waals surface area contributed by atoms with Crippen LogP contribution in [0.25, 0.3) is 0 Å². The van der Waals surface area contributed by atoms with Crippen molar-refractivity contribution in [2.75, 3.05) is 0 Å². The van der Waals surface area contributed by atoms with E-state index in [0.717, 1.165) is 42.4 Å². The number of hydrogen-bond donors (Lipinski definition) is 2. The van der Waals surface area contributed by atoms with Gasteiger partial charge in [-0.1, -0.05) is 48.8 Å². The van der Waals surface area contributed by atoms with Crippen LogP contribution in [0.1, 0.15) is 58.3 Å². The van der Waals surface area contributed by atoms with Crippen molar-refractivity contribution in [3.63, 3.8) is 0 Å². The van der Waals surface area contributed by atoms with E-state index in [1.807, 2.05) is 12.0 Å². The third kappa shape index (κ3) is 4.83. The van der Waals surface area contributed by atoms with E-state index < -0.39 is 35.3 Å². The van der Waals surface area contributed by atoms with Crippen LogP contribution in [-0.4, -0.2) is 34.3 Å². The summed E-state index contributed by atoms with van der Waals surface area (Å²) in [6, 6.07) is 0. The van der Waals surface area contributed by atoms with E-state index in [2.05, 4.69) is 19.6 Å². The lowest BCUT2D eigenvalue weighted by atomic mass is 9.61. The topological polar surface area (TPSA) is 40.5 Å². The molecule has 0 amide bonds. The van der Waals surface area contributed by atoms with Gasteiger partial charge in [0, 0.05) is 23.8 Å². The lowest BCUT2D eigenvalue weighted by Crippen LogP contribution is -2.55. The van der Waals surface area contributed by atoms with Crippen molar-refractivity contribution in [2.24, 2.45) is 16.7 Å². The van der Waals surface area contributed by atoms with E-state index in [1.165, 1.54) is 0 Å². The molecule has 37 heavy (non-hydrogen) atoms. The van der Waals surface area contributed by atoms with Crippen molar-refractivity contribution < 1.29 is 40.9 Å². The van der Waals surface area contributed by atoms with Gasteiger partial charge in [-0.3, -0.25) is 0 Å². The van der Waals surface area contributed by atoms with Crippen LogP contribution >= 0.6 is 0 Å². The molecule has 0 spiro atoms. The molecular weight excluding hydrogens is 501 g/mol. The van der Waals surface area contributed by atoms with Gasteiger partial charge in [-0.05, 0) is 67.4 Å². The standard InChI is InChI=1S/C28H29F7O2/c1-17-19(15-20(36)16-22(17)29)7-6-18-5-3-10-24(2)21(18)8-9-23(24)25(13-14-25)11-4-12-26(37,27(30,31)32)28(33,34)35/h6-7,9,16,20-21,36-37H,1,3,5,8,10-11,13-15H2,2H3/b18-6+,19-7-/t20-,21+,24+/m1/s1. The predicted molar refractivity (Wildman–Crippen MR) is 124 cm³/mol. The Morgan fingerprint density at radius 2 is 1.76 bits per heavy atom. The van der Waals surface area contributed by atoms with E-state index in [9.17, 15) is 40.9 Å². The summed E-state index contributed by atoms with van der Waals surface area (Å²) in [5.41, 5.74) is -2.98. The zero-order valence-electron chi connectivity index (χ0n) is 20.4. The van der Waals surface area contributed by atoms with Gasteiger partial charge >= 0.3 is 18.0 Å². The van der Waals surface area contributed by atoms with Gasteiger partial charge in [0.1, 0.15) is 5.83 Å². The van der Waals surface area contributed by atoms with Gasteiger partial charge in [-0.15, -0.1) is 0 Å². The molecule has 4 aliphatic rings. The minimum atomic E-state index is -5.96. The summed E-state index contributed by atoms with van der Waals surface area (Å²) in [5, 5.41) is 19.2. The third-order valence-corrected chi connectivity index (χ3v) is 8.43. The van der Waals surface area contributed by atoms with Gasteiger partial charge in [0.05, 0.1) is 6.10 Å². The maximum absolute atomic E-state index is 14.0. The molecule has 2 nitrogen and oxygen atoms in total. The van der Waals surface area contributed by atoms with Gasteiger partial charge in [-0.25, -0.2) is 4.39 Å². The van der Waals surface area contributed by atoms with Crippen molar-refractivity contribution >= 4 is 0 Å². The number of allylic oxidation sites excluding steroid dienone is 7. The molecule has 9 heteroatoms. The van der Waals surface area contributed by atoms with Crippen molar-refractivity contribution in [3.05, 3.63) is 59.0 Å². The SMILES string of the molecule is C=C1C(F)=C[C@H](O)C/C1=C/C=C1\CCC[C@]2(C)C(C3(CC#CC(O)(C(F)(F)F)C(F)(F)F)CC3)=CC[C@@H]12. The van der Waals surface area contributed by atoms with Gasteiger partial charge in [0.25, 0.3) is 0 Å². The number of rotatable bonds is 3. The molecule has 0 aliphatic heterocycles. The molecule has 2 saturated carbocycles. The number of alkyl halides is 6. The summed E-state index contributed by atoms with van der Waals surface area (Å²) in [6.45, 7) is 5.83. The zero-order valence-corrected chi connectivity index (χ0v) is 20.4. The van der Waals surface area contributed by atoms with E-state index >= 15 is 0 Å². The Kier molecular flexibility index (Phi) is 6.86. The minimum absolute atomic E-state index is 0.1000. The maximum Gasteiger partial charge on any atom is 0.438 e. The Bertz CT molecular complexity index is 1140. The first-order valence-corrected chi connectivity index (χ1v) is 12.3. The molecular formula is C28H29F7O2. The van der Waals surface area contributed by atoms with Crippen molar-refractivity contribution in [2.45, 2.75) is 82.3 Å². The van der Waals surface area contributed by atoms with Crippen LogP contribution in [0.4, 0.5) is 30.7 Å². The molecule has 2 N–H and O–H groups in total. The molecule has 0 saturated heterocycles. The molecule has 0 aromatic rings. The van der Waals surface area contributed by atoms with Crippen LogP contribution < -0.4 is 0 Å². The number of fused-ring (bicyclic) bond motifs is 1. The van der Waals surface area contributed by atoms with Crippen molar-refractivity contribution in [3.8, 4) is 11.8 Å². The fraction of sp³-hybridized carbons (Fsp3) is 0.571. The van der Waals surface area contributed by atoms with Gasteiger partial charge < -0.3 is 10.2 Å². The van der Waals surface area contributed by atoms with Crippen LogP contribution in [0, 0.1) is 28.6 Å². The second-order valence-corrected chi connectivity index (χ2v) is 10.8. The molecule has 0 radical (unpaired) electrons. The van der Waals surface area contributed by atoms with Crippen molar-refractivity contribution in [1.82, 2.24) is 0 Å². The molecule has 0 heterocycles. The summed E-state index contributed by atoms with van der Waals surface area (Å²) < 4.78 is 92.0. The summed E-state index contributed by atoms with van der Waals surface area (Å²) in [5.74, 6) is 2.69. The average Bonchev–Trinajstić information content (AvgIpc) is 3.46. The van der Waals surface area contributed by atoms with Gasteiger partial charge in [0.15, 0.2) is 0 Å². The second kappa shape index (κ2) is 9.16. The molecule has 0 aromatic carbocycles. The first kappa shape index (κ1) is 27.7. The first-order chi connectivity index (χ1) is 17.0. The molecule has 202 valence electrons. The fourth-order valence-electron chi connectivity index (χ4n) is 6.18. The Morgan fingerprint density at radius 3 is 2.35 bits per heavy atom. The molecule has 0 bridgehead atoms. The summed E-state index contributed by atoms with van der Waals surface area (Å²) in [4.78, 5) is 0. The summed E-state index contributed by atoms with van der Waals surface area (Å²) >= 11 is 0. The van der Waals surface area contributed by atoms with Crippen LogP contribution in [0.5, 0.6) is 0 Å². The Morgan fingerprint density at radius 1 is 1.11 bits per heavy atom. The molecule has 4 aliphatic carbocycles. The van der Waals surface area contributed by atoms with Crippen LogP contribution in [0.2, 0.25) is 0 Å². The normalized spacial score (nSPS) is 32.0. The Balaban J connectivity index is 1.56. The average molecular weight is 531 g/mol. The molecule has 2 fully saturated rings. The highest BCUT2D eigenvalue weighted by atomic mass is 19.4. The minimum Gasteiger partial charge on any atom is -0.389 e. The maximum atomic E-state index is 14.0. The molecule has 4 rings (SSSR count). The highest BCUT2D eigenvalue weighted by Crippen LogP contribution is 2.67. The quantitative estimate of drug-likeness (QED) is 0.231. The number of hydrogen-bond acceptors (Lipinski definition) is 2. The monoisotopic (exact) mass is 530 g/mol. The summed E-state index contributed by atoms with van der Waals surface area (Å²) in [7, 11) is 0. The lowest BCUT2D eigenvalue weighted by Gasteiger charge is -2.43. The number of aliphatic hydroxyl groups is 2. The summed E-state index contributed by atoms with van der Waals surface area (Å²) in [6.07, 6.45) is -1.49. The van der Waals surface area contributed by atoms with Crippen LogP contribution in [0.15, 0.2) is 59.0 Å². The lowest BCUT2D eigenvalue weighted by molar-refractivity contribution is -0.343. The van der Waals surface area contributed by atoms with E-state index in [4.69, 9.17) is 0 Å². The van der Waals surface area contributed by atoms with Crippen LogP contribution in [0.3, 0.4) is 0 Å². The first-order valence-electron chi connectivity index (χ1n) is 12.3. The molecule has 3 atom stereocenters. The smallest absolute Gasteiger partial charge is 0.389 e. The highest BCUT2D eigenvalue weighted by Gasteiger charge is 2.70. The van der Waals surface area contributed by atoms with Crippen molar-refractivity contribution in [1.29, 1.82) is 0 Å². The third-order valence-electron chi connectivity index (χ3n) is 8.43. The predicted octanol–water partition coefficient (Wildman–Crippen LogP) is 7.18. The van der Waals surface area contributed by atoms with E-state index in [1.54, 1.807) is 6.08 Å². The number of aliphatic hydroxyl groups excluding tert-OH is 1.